The third-order valence-electron chi connectivity index (χ3n) is 6.81. The number of fused-ring (bicyclic) bond motifs is 1. The Bertz CT molecular complexity index is 992. The third kappa shape index (κ3) is 6.44. The number of amides is 5. The summed E-state index contributed by atoms with van der Waals surface area (Å²) in [7, 11) is 0. The van der Waals surface area contributed by atoms with Crippen molar-refractivity contribution >= 4 is 29.5 Å². The van der Waals surface area contributed by atoms with Gasteiger partial charge in [-0.3, -0.25) is 34.3 Å². The Labute approximate surface area is 211 Å². The molecule has 4 atom stereocenters. The van der Waals surface area contributed by atoms with Crippen molar-refractivity contribution in [3.8, 4) is 0 Å². The number of likely N-dealkylation sites (tertiary alicyclic amines) is 1. The number of hydrogen-bond donors (Lipinski definition) is 3. The Morgan fingerprint density at radius 3 is 2.50 bits per heavy atom. The quantitative estimate of drug-likeness (QED) is 0.478. The lowest BCUT2D eigenvalue weighted by molar-refractivity contribution is -0.145. The van der Waals surface area contributed by atoms with E-state index in [1.807, 2.05) is 27.7 Å². The minimum atomic E-state index is -0.932. The average molecular weight is 501 g/mol. The Morgan fingerprint density at radius 1 is 1.11 bits per heavy atom. The molecule has 11 nitrogen and oxygen atoms in total. The van der Waals surface area contributed by atoms with Crippen LogP contribution in [0.25, 0.3) is 0 Å². The second-order valence-corrected chi connectivity index (χ2v) is 10.6. The molecule has 5 amide bonds. The van der Waals surface area contributed by atoms with Gasteiger partial charge < -0.3 is 15.5 Å². The summed E-state index contributed by atoms with van der Waals surface area (Å²) in [4.78, 5) is 73.2. The summed E-state index contributed by atoms with van der Waals surface area (Å²) in [6.45, 7) is 7.39. The Morgan fingerprint density at radius 2 is 1.86 bits per heavy atom. The molecule has 2 aliphatic rings. The summed E-state index contributed by atoms with van der Waals surface area (Å²) in [6, 6.07) is -1.68. The molecule has 2 heterocycles. The fourth-order valence-corrected chi connectivity index (χ4v) is 5.06. The molecule has 1 aliphatic heterocycles. The van der Waals surface area contributed by atoms with E-state index in [2.05, 4.69) is 25.9 Å². The SMILES string of the molecule is CCCC(=O)NC(=O)[C@@H]1[C@H]2CCC[C@H]2CN1C(=O)[C@@H](NC(=O)CNC(=O)c1cnccn1)C(C)(C)C. The van der Waals surface area contributed by atoms with Gasteiger partial charge in [-0.05, 0) is 36.5 Å². The van der Waals surface area contributed by atoms with Crippen LogP contribution >= 0.6 is 0 Å². The Kier molecular flexibility index (Phi) is 8.75. The first-order valence-corrected chi connectivity index (χ1v) is 12.5. The first-order chi connectivity index (χ1) is 17.0. The van der Waals surface area contributed by atoms with E-state index >= 15 is 0 Å². The molecule has 2 fully saturated rings. The zero-order valence-electron chi connectivity index (χ0n) is 21.4. The Balaban J connectivity index is 1.71. The van der Waals surface area contributed by atoms with Gasteiger partial charge in [0.05, 0.1) is 12.7 Å². The van der Waals surface area contributed by atoms with Gasteiger partial charge in [-0.1, -0.05) is 34.1 Å². The molecule has 11 heteroatoms. The molecule has 3 N–H and O–H groups in total. The number of hydrogen-bond acceptors (Lipinski definition) is 7. The van der Waals surface area contributed by atoms with Crippen LogP contribution in [0.1, 0.15) is 70.3 Å². The van der Waals surface area contributed by atoms with Crippen LogP contribution in [0, 0.1) is 17.3 Å². The summed E-state index contributed by atoms with van der Waals surface area (Å²) in [5.41, 5.74) is -0.595. The highest BCUT2D eigenvalue weighted by atomic mass is 16.2. The molecule has 1 aromatic rings. The van der Waals surface area contributed by atoms with Gasteiger partial charge in [0.25, 0.3) is 5.91 Å². The monoisotopic (exact) mass is 500 g/mol. The first kappa shape index (κ1) is 27.2. The van der Waals surface area contributed by atoms with Crippen LogP contribution in [0.3, 0.4) is 0 Å². The van der Waals surface area contributed by atoms with Crippen LogP contribution in [0.5, 0.6) is 0 Å². The normalized spacial score (nSPS) is 21.9. The average Bonchev–Trinajstić information content (AvgIpc) is 3.42. The third-order valence-corrected chi connectivity index (χ3v) is 6.81. The molecule has 1 aliphatic carbocycles. The molecule has 0 bridgehead atoms. The van der Waals surface area contributed by atoms with Crippen molar-refractivity contribution in [3.63, 3.8) is 0 Å². The highest BCUT2D eigenvalue weighted by molar-refractivity contribution is 6.01. The van der Waals surface area contributed by atoms with Crippen molar-refractivity contribution in [2.24, 2.45) is 17.3 Å². The van der Waals surface area contributed by atoms with Gasteiger partial charge in [-0.2, -0.15) is 0 Å². The van der Waals surface area contributed by atoms with Gasteiger partial charge >= 0.3 is 0 Å². The van der Waals surface area contributed by atoms with Gasteiger partial charge in [0.15, 0.2) is 0 Å². The fourth-order valence-electron chi connectivity index (χ4n) is 5.06. The molecule has 1 aromatic heterocycles. The summed E-state index contributed by atoms with van der Waals surface area (Å²) in [6.07, 6.45) is 7.66. The molecule has 0 unspecified atom stereocenters. The lowest BCUT2D eigenvalue weighted by Crippen LogP contribution is -2.59. The van der Waals surface area contributed by atoms with Crippen LogP contribution in [-0.4, -0.2) is 69.6 Å². The van der Waals surface area contributed by atoms with Crippen molar-refractivity contribution < 1.29 is 24.0 Å². The van der Waals surface area contributed by atoms with Crippen LogP contribution in [0.15, 0.2) is 18.6 Å². The number of carbonyl (C=O) groups is 5. The van der Waals surface area contributed by atoms with E-state index in [1.165, 1.54) is 23.5 Å². The molecule has 0 radical (unpaired) electrons. The number of carbonyl (C=O) groups excluding carboxylic acids is 5. The molecular weight excluding hydrogens is 464 g/mol. The standard InChI is InChI=1S/C25H36N6O5/c1-5-7-18(32)30-23(35)20-16-9-6-8-15(16)14-31(20)24(36)21(25(2,3)4)29-19(33)13-28-22(34)17-12-26-10-11-27-17/h10-12,15-16,20-21H,5-9,13-14H2,1-4H3,(H,28,34)(H,29,33)(H,30,32,35)/t15-,16-,20-,21+/m0/s1. The van der Waals surface area contributed by atoms with E-state index in [4.69, 9.17) is 0 Å². The maximum absolute atomic E-state index is 13.8. The lowest BCUT2D eigenvalue weighted by Gasteiger charge is -2.36. The number of rotatable bonds is 8. The second-order valence-electron chi connectivity index (χ2n) is 10.6. The maximum atomic E-state index is 13.8. The summed E-state index contributed by atoms with van der Waals surface area (Å²) in [5, 5.41) is 7.69. The summed E-state index contributed by atoms with van der Waals surface area (Å²) in [5.74, 6) is -2.09. The van der Waals surface area contributed by atoms with E-state index in [0.717, 1.165) is 19.3 Å². The highest BCUT2D eigenvalue weighted by Crippen LogP contribution is 2.43. The molecule has 3 rings (SSSR count). The van der Waals surface area contributed by atoms with Gasteiger partial charge in [-0.15, -0.1) is 0 Å². The predicted molar refractivity (Wildman–Crippen MR) is 130 cm³/mol. The smallest absolute Gasteiger partial charge is 0.271 e. The van der Waals surface area contributed by atoms with E-state index in [1.54, 1.807) is 0 Å². The molecule has 0 spiro atoms. The van der Waals surface area contributed by atoms with Gasteiger partial charge in [-0.25, -0.2) is 4.98 Å². The Hall–Kier alpha value is -3.37. The lowest BCUT2D eigenvalue weighted by atomic mass is 9.85. The van der Waals surface area contributed by atoms with Crippen LogP contribution in [0.2, 0.25) is 0 Å². The van der Waals surface area contributed by atoms with Crippen molar-refractivity contribution in [2.75, 3.05) is 13.1 Å². The van der Waals surface area contributed by atoms with Crippen molar-refractivity contribution in [1.82, 2.24) is 30.8 Å². The zero-order valence-corrected chi connectivity index (χ0v) is 21.4. The highest BCUT2D eigenvalue weighted by Gasteiger charge is 2.51. The van der Waals surface area contributed by atoms with Crippen LogP contribution in [-0.2, 0) is 19.2 Å². The number of nitrogens with one attached hydrogen (secondary N) is 3. The number of nitrogens with zero attached hydrogens (tertiary/aromatic N) is 3. The molecule has 1 saturated heterocycles. The van der Waals surface area contributed by atoms with Gasteiger partial charge in [0.1, 0.15) is 17.8 Å². The minimum absolute atomic E-state index is 0.00836. The second kappa shape index (κ2) is 11.6. The molecule has 1 saturated carbocycles. The topological polar surface area (TPSA) is 150 Å². The van der Waals surface area contributed by atoms with Crippen LogP contribution in [0.4, 0.5) is 0 Å². The minimum Gasteiger partial charge on any atom is -0.342 e. The summed E-state index contributed by atoms with van der Waals surface area (Å²) < 4.78 is 0. The van der Waals surface area contributed by atoms with Crippen LogP contribution < -0.4 is 16.0 Å². The van der Waals surface area contributed by atoms with Gasteiger partial charge in [0, 0.05) is 25.4 Å². The fraction of sp³-hybridized carbons (Fsp3) is 0.640. The zero-order chi connectivity index (χ0) is 26.5. The van der Waals surface area contributed by atoms with E-state index in [9.17, 15) is 24.0 Å². The molecule has 0 aromatic carbocycles. The molecule has 36 heavy (non-hydrogen) atoms. The predicted octanol–water partition coefficient (Wildman–Crippen LogP) is 0.807. The molecule has 196 valence electrons. The van der Waals surface area contributed by atoms with Gasteiger partial charge in [0.2, 0.25) is 23.6 Å². The maximum Gasteiger partial charge on any atom is 0.271 e. The largest absolute Gasteiger partial charge is 0.342 e. The number of aromatic nitrogens is 2. The van der Waals surface area contributed by atoms with E-state index in [-0.39, 0.29) is 42.3 Å². The first-order valence-electron chi connectivity index (χ1n) is 12.5. The molecular formula is C25H36N6O5. The summed E-state index contributed by atoms with van der Waals surface area (Å²) >= 11 is 0. The van der Waals surface area contributed by atoms with Crippen molar-refractivity contribution in [1.29, 1.82) is 0 Å². The van der Waals surface area contributed by atoms with Crippen molar-refractivity contribution in [3.05, 3.63) is 24.3 Å². The van der Waals surface area contributed by atoms with Crippen molar-refractivity contribution in [2.45, 2.75) is 71.9 Å². The number of imide groups is 1. The van der Waals surface area contributed by atoms with E-state index in [0.29, 0.717) is 13.0 Å². The van der Waals surface area contributed by atoms with E-state index < -0.39 is 35.2 Å².